The largest absolute Gasteiger partial charge is 0.465 e. The Morgan fingerprint density at radius 2 is 1.91 bits per heavy atom. The predicted molar refractivity (Wildman–Crippen MR) is 168 cm³/mol. The topological polar surface area (TPSA) is 116 Å². The van der Waals surface area contributed by atoms with Crippen LogP contribution < -0.4 is 11.1 Å². The highest BCUT2D eigenvalue weighted by Crippen LogP contribution is 2.44. The Kier molecular flexibility index (Phi) is 11.2. The number of nitrogens with two attached hydrogens (primary N) is 1. The molecule has 0 radical (unpaired) electrons. The maximum absolute atomic E-state index is 15.7. The van der Waals surface area contributed by atoms with Gasteiger partial charge in [0.15, 0.2) is 0 Å². The van der Waals surface area contributed by atoms with Gasteiger partial charge in [0.05, 0.1) is 5.60 Å². The first-order valence-electron chi connectivity index (χ1n) is 15.0. The van der Waals surface area contributed by atoms with E-state index in [0.717, 1.165) is 17.5 Å². The van der Waals surface area contributed by atoms with E-state index in [1.54, 1.807) is 29.2 Å². The number of amides is 2. The van der Waals surface area contributed by atoms with E-state index < -0.39 is 23.4 Å². The second-order valence-corrected chi connectivity index (χ2v) is 11.8. The van der Waals surface area contributed by atoms with Crippen LogP contribution in [0.1, 0.15) is 61.6 Å². The van der Waals surface area contributed by atoms with Crippen LogP contribution in [0.15, 0.2) is 66.7 Å². The van der Waals surface area contributed by atoms with Crippen molar-refractivity contribution in [2.75, 3.05) is 26.2 Å². The van der Waals surface area contributed by atoms with Crippen molar-refractivity contribution >= 4 is 23.6 Å². The number of hydrogen-bond acceptors (Lipinski definition) is 4. The predicted octanol–water partition coefficient (Wildman–Crippen LogP) is 6.32. The lowest BCUT2D eigenvalue weighted by Crippen LogP contribution is -2.49. The molecule has 4 rings (SSSR count). The molecule has 5 N–H and O–H groups in total. The Bertz CT molecular complexity index is 1400. The maximum Gasteiger partial charge on any atom is 0.404 e. The van der Waals surface area contributed by atoms with Crippen molar-refractivity contribution in [3.63, 3.8) is 0 Å². The summed E-state index contributed by atoms with van der Waals surface area (Å²) in [6.45, 7) is 3.32. The van der Waals surface area contributed by atoms with E-state index in [1.165, 1.54) is 6.07 Å². The molecule has 3 aromatic rings. The monoisotopic (exact) mass is 609 g/mol. The van der Waals surface area contributed by atoms with Crippen LogP contribution in [0.2, 0.25) is 5.02 Å². The number of carbonyl (C=O) groups excluding carboxylic acids is 1. The van der Waals surface area contributed by atoms with E-state index in [9.17, 15) is 14.7 Å². The molecule has 3 unspecified atom stereocenters. The molecular weight excluding hydrogens is 569 g/mol. The molecule has 7 nitrogen and oxygen atoms in total. The Labute approximate surface area is 257 Å². The Balaban J connectivity index is 1.65. The summed E-state index contributed by atoms with van der Waals surface area (Å²) in [4.78, 5) is 26.5. The minimum absolute atomic E-state index is 0.0555. The second-order valence-electron chi connectivity index (χ2n) is 11.3. The maximum atomic E-state index is 15.7. The van der Waals surface area contributed by atoms with Crippen molar-refractivity contribution < 1.29 is 24.2 Å². The van der Waals surface area contributed by atoms with Gasteiger partial charge in [0.25, 0.3) is 0 Å². The number of likely N-dealkylation sites (tertiary alicyclic amines) is 1. The van der Waals surface area contributed by atoms with Crippen LogP contribution in [0.5, 0.6) is 0 Å². The van der Waals surface area contributed by atoms with Gasteiger partial charge in [0, 0.05) is 48.5 Å². The van der Waals surface area contributed by atoms with E-state index >= 15 is 4.39 Å². The number of halogens is 2. The lowest BCUT2D eigenvalue weighted by atomic mass is 9.72. The molecular formula is C34H41ClFN3O4. The number of piperidine rings is 1. The van der Waals surface area contributed by atoms with Gasteiger partial charge in [0.1, 0.15) is 5.82 Å². The van der Waals surface area contributed by atoms with Gasteiger partial charge in [-0.1, -0.05) is 67.1 Å². The van der Waals surface area contributed by atoms with E-state index in [0.29, 0.717) is 60.6 Å². The standard InChI is InChI=1S/C34H41ClFN3O4/c1-2-23-7-3-8-25(19-23)32-29(10-4-11-30(32)36)34(43,16-6-17-38-33(41)42)27-9-5-18-39(22-27)31(40)20-26(21-37)24-12-14-28(35)15-13-24/h3-4,7-8,10-15,19,26-27,38,43H,2,5-6,9,16-18,20-22,37H2,1H3,(H,41,42). The Morgan fingerprint density at radius 1 is 1.16 bits per heavy atom. The molecule has 3 aromatic carbocycles. The van der Waals surface area contributed by atoms with Crippen LogP contribution in [0.3, 0.4) is 0 Å². The summed E-state index contributed by atoms with van der Waals surface area (Å²) in [6.07, 6.45) is 1.70. The van der Waals surface area contributed by atoms with Crippen molar-refractivity contribution in [2.24, 2.45) is 11.7 Å². The average molecular weight is 610 g/mol. The zero-order valence-electron chi connectivity index (χ0n) is 24.6. The number of nitrogens with zero attached hydrogens (tertiary/aromatic N) is 1. The summed E-state index contributed by atoms with van der Waals surface area (Å²) in [5.74, 6) is -1.06. The van der Waals surface area contributed by atoms with Gasteiger partial charge in [0.2, 0.25) is 5.91 Å². The number of carboxylic acid groups (broad SMARTS) is 1. The molecule has 1 aliphatic heterocycles. The first-order valence-corrected chi connectivity index (χ1v) is 15.3. The van der Waals surface area contributed by atoms with Gasteiger partial charge in [-0.2, -0.15) is 0 Å². The molecule has 1 fully saturated rings. The van der Waals surface area contributed by atoms with Gasteiger partial charge in [-0.25, -0.2) is 9.18 Å². The first-order chi connectivity index (χ1) is 20.7. The molecule has 230 valence electrons. The summed E-state index contributed by atoms with van der Waals surface area (Å²) in [6, 6.07) is 19.7. The van der Waals surface area contributed by atoms with Crippen LogP contribution in [-0.4, -0.2) is 53.3 Å². The number of hydrogen-bond donors (Lipinski definition) is 4. The van der Waals surface area contributed by atoms with E-state index in [4.69, 9.17) is 22.4 Å². The third kappa shape index (κ3) is 7.93. The zero-order chi connectivity index (χ0) is 31.0. The SMILES string of the molecule is CCc1cccc(-c2c(F)cccc2C(O)(CCCNC(=O)O)C2CCCN(C(=O)CC(CN)c3ccc(Cl)cc3)C2)c1. The van der Waals surface area contributed by atoms with Gasteiger partial charge in [-0.3, -0.25) is 4.79 Å². The Morgan fingerprint density at radius 3 is 2.60 bits per heavy atom. The average Bonchev–Trinajstić information content (AvgIpc) is 3.02. The third-order valence-electron chi connectivity index (χ3n) is 8.61. The zero-order valence-corrected chi connectivity index (χ0v) is 25.3. The third-order valence-corrected chi connectivity index (χ3v) is 8.86. The second kappa shape index (κ2) is 14.8. The number of carbonyl (C=O) groups is 2. The molecule has 1 heterocycles. The lowest BCUT2D eigenvalue weighted by molar-refractivity contribution is -0.137. The molecule has 0 bridgehead atoms. The summed E-state index contributed by atoms with van der Waals surface area (Å²) >= 11 is 6.05. The molecule has 0 spiro atoms. The van der Waals surface area contributed by atoms with Crippen molar-refractivity contribution in [1.82, 2.24) is 10.2 Å². The number of rotatable bonds is 12. The molecule has 3 atom stereocenters. The fraction of sp³-hybridized carbons (Fsp3) is 0.412. The van der Waals surface area contributed by atoms with Crippen molar-refractivity contribution in [3.8, 4) is 11.1 Å². The van der Waals surface area contributed by atoms with E-state index in [2.05, 4.69) is 5.32 Å². The van der Waals surface area contributed by atoms with Crippen LogP contribution in [-0.2, 0) is 16.8 Å². The summed E-state index contributed by atoms with van der Waals surface area (Å²) in [5, 5.41) is 24.7. The van der Waals surface area contributed by atoms with Gasteiger partial charge >= 0.3 is 6.09 Å². The minimum Gasteiger partial charge on any atom is -0.465 e. The van der Waals surface area contributed by atoms with Crippen LogP contribution in [0.25, 0.3) is 11.1 Å². The fourth-order valence-corrected chi connectivity index (χ4v) is 6.37. The van der Waals surface area contributed by atoms with Crippen molar-refractivity contribution in [1.29, 1.82) is 0 Å². The van der Waals surface area contributed by atoms with Crippen molar-refractivity contribution in [3.05, 3.63) is 94.3 Å². The normalized spacial score (nSPS) is 17.2. The van der Waals surface area contributed by atoms with Crippen molar-refractivity contribution in [2.45, 2.75) is 57.0 Å². The summed E-state index contributed by atoms with van der Waals surface area (Å²) in [7, 11) is 0. The van der Waals surface area contributed by atoms with Gasteiger partial charge in [-0.05, 0) is 79.1 Å². The molecule has 43 heavy (non-hydrogen) atoms. The first kappa shape index (κ1) is 32.5. The number of aryl methyl sites for hydroxylation is 1. The fourth-order valence-electron chi connectivity index (χ4n) is 6.24. The molecule has 2 amide bonds. The summed E-state index contributed by atoms with van der Waals surface area (Å²) in [5.41, 5.74) is 8.00. The number of aliphatic hydroxyl groups is 1. The molecule has 1 saturated heterocycles. The highest BCUT2D eigenvalue weighted by Gasteiger charge is 2.43. The van der Waals surface area contributed by atoms with Crippen LogP contribution >= 0.6 is 11.6 Å². The molecule has 0 aromatic heterocycles. The molecule has 9 heteroatoms. The molecule has 0 aliphatic carbocycles. The summed E-state index contributed by atoms with van der Waals surface area (Å²) < 4.78 is 15.7. The molecule has 0 saturated carbocycles. The van der Waals surface area contributed by atoms with Crippen LogP contribution in [0.4, 0.5) is 9.18 Å². The number of nitrogens with one attached hydrogen (secondary N) is 1. The quantitative estimate of drug-likeness (QED) is 0.180. The Hall–Kier alpha value is -3.46. The highest BCUT2D eigenvalue weighted by atomic mass is 35.5. The smallest absolute Gasteiger partial charge is 0.404 e. The van der Waals surface area contributed by atoms with E-state index in [-0.39, 0.29) is 31.2 Å². The lowest BCUT2D eigenvalue weighted by Gasteiger charge is -2.44. The van der Waals surface area contributed by atoms with E-state index in [1.807, 2.05) is 43.3 Å². The molecule has 1 aliphatic rings. The highest BCUT2D eigenvalue weighted by molar-refractivity contribution is 6.30. The van der Waals surface area contributed by atoms with Gasteiger partial charge < -0.3 is 26.2 Å². The number of benzene rings is 3. The van der Waals surface area contributed by atoms with Crippen LogP contribution in [0, 0.1) is 11.7 Å². The van der Waals surface area contributed by atoms with Gasteiger partial charge in [-0.15, -0.1) is 0 Å². The minimum atomic E-state index is -1.51.